The number of aliphatic imine (C=N–C) groups is 1. The average molecular weight is 320 g/mol. The third-order valence-corrected chi connectivity index (χ3v) is 3.34. The van der Waals surface area contributed by atoms with Crippen LogP contribution in [0.15, 0.2) is 45.9 Å². The SMILES string of the molecule is COc1cc(C=Nc2ccccc2C)cc(Br)c1O. The van der Waals surface area contributed by atoms with Crippen molar-refractivity contribution < 1.29 is 9.84 Å². The van der Waals surface area contributed by atoms with E-state index in [9.17, 15) is 5.11 Å². The van der Waals surface area contributed by atoms with E-state index in [1.807, 2.05) is 31.2 Å². The lowest BCUT2D eigenvalue weighted by molar-refractivity contribution is 0.372. The molecule has 98 valence electrons. The molecule has 0 radical (unpaired) electrons. The molecule has 1 N–H and O–H groups in total. The molecule has 0 aliphatic heterocycles. The number of hydrogen-bond donors (Lipinski definition) is 1. The highest BCUT2D eigenvalue weighted by Gasteiger charge is 2.07. The Kier molecular flexibility index (Phi) is 4.22. The number of aromatic hydroxyl groups is 1. The number of para-hydroxylation sites is 1. The molecule has 0 atom stereocenters. The molecule has 0 amide bonds. The van der Waals surface area contributed by atoms with Crippen molar-refractivity contribution in [2.24, 2.45) is 4.99 Å². The monoisotopic (exact) mass is 319 g/mol. The second-order valence-corrected chi connectivity index (χ2v) is 4.95. The van der Waals surface area contributed by atoms with Gasteiger partial charge in [-0.3, -0.25) is 4.99 Å². The van der Waals surface area contributed by atoms with Crippen LogP contribution in [0.3, 0.4) is 0 Å². The van der Waals surface area contributed by atoms with Gasteiger partial charge in [0.2, 0.25) is 0 Å². The van der Waals surface area contributed by atoms with E-state index in [4.69, 9.17) is 4.74 Å². The molecule has 0 aromatic heterocycles. The molecular formula is C15H14BrNO2. The second-order valence-electron chi connectivity index (χ2n) is 4.10. The van der Waals surface area contributed by atoms with E-state index < -0.39 is 0 Å². The first kappa shape index (κ1) is 13.6. The number of rotatable bonds is 3. The minimum atomic E-state index is 0.0931. The highest BCUT2D eigenvalue weighted by Crippen LogP contribution is 2.34. The van der Waals surface area contributed by atoms with Gasteiger partial charge in [-0.15, -0.1) is 0 Å². The highest BCUT2D eigenvalue weighted by atomic mass is 79.9. The number of phenolic OH excluding ortho intramolecular Hbond substituents is 1. The van der Waals surface area contributed by atoms with Crippen molar-refractivity contribution in [3.63, 3.8) is 0 Å². The van der Waals surface area contributed by atoms with Crippen LogP contribution in [0.5, 0.6) is 11.5 Å². The van der Waals surface area contributed by atoms with Crippen LogP contribution in [0.4, 0.5) is 5.69 Å². The summed E-state index contributed by atoms with van der Waals surface area (Å²) in [6.45, 7) is 2.01. The first-order valence-electron chi connectivity index (χ1n) is 5.78. The molecule has 4 heteroatoms. The first-order valence-corrected chi connectivity index (χ1v) is 6.57. The van der Waals surface area contributed by atoms with E-state index in [2.05, 4.69) is 20.9 Å². The van der Waals surface area contributed by atoms with E-state index in [1.165, 1.54) is 7.11 Å². The van der Waals surface area contributed by atoms with Crippen molar-refractivity contribution in [1.82, 2.24) is 0 Å². The number of methoxy groups -OCH3 is 1. The van der Waals surface area contributed by atoms with Gasteiger partial charge in [0, 0.05) is 6.21 Å². The zero-order valence-corrected chi connectivity index (χ0v) is 12.3. The van der Waals surface area contributed by atoms with Crippen LogP contribution in [0, 0.1) is 6.92 Å². The Morgan fingerprint density at radius 2 is 2.00 bits per heavy atom. The number of nitrogens with zero attached hydrogens (tertiary/aromatic N) is 1. The Labute approximate surface area is 120 Å². The van der Waals surface area contributed by atoms with Gasteiger partial charge in [0.15, 0.2) is 11.5 Å². The van der Waals surface area contributed by atoms with Crippen molar-refractivity contribution >= 4 is 27.8 Å². The maximum Gasteiger partial charge on any atom is 0.172 e. The Morgan fingerprint density at radius 3 is 2.68 bits per heavy atom. The summed E-state index contributed by atoms with van der Waals surface area (Å²) in [5.41, 5.74) is 2.89. The van der Waals surface area contributed by atoms with Gasteiger partial charge >= 0.3 is 0 Å². The lowest BCUT2D eigenvalue weighted by Crippen LogP contribution is -1.88. The van der Waals surface area contributed by atoms with Gasteiger partial charge in [0.25, 0.3) is 0 Å². The summed E-state index contributed by atoms with van der Waals surface area (Å²) in [5.74, 6) is 0.510. The van der Waals surface area contributed by atoms with Gasteiger partial charge in [0.1, 0.15) is 0 Å². The topological polar surface area (TPSA) is 41.8 Å². The zero-order valence-electron chi connectivity index (χ0n) is 10.7. The Balaban J connectivity index is 2.34. The Morgan fingerprint density at radius 1 is 1.26 bits per heavy atom. The van der Waals surface area contributed by atoms with Crippen LogP contribution in [0.1, 0.15) is 11.1 Å². The summed E-state index contributed by atoms with van der Waals surface area (Å²) >= 11 is 3.29. The first-order chi connectivity index (χ1) is 9.11. The summed E-state index contributed by atoms with van der Waals surface area (Å²) in [6, 6.07) is 11.4. The fourth-order valence-corrected chi connectivity index (χ4v) is 2.14. The number of benzene rings is 2. The van der Waals surface area contributed by atoms with E-state index in [-0.39, 0.29) is 5.75 Å². The normalized spacial score (nSPS) is 10.9. The molecule has 0 heterocycles. The van der Waals surface area contributed by atoms with Crippen LogP contribution in [0.25, 0.3) is 0 Å². The molecule has 0 saturated carbocycles. The minimum Gasteiger partial charge on any atom is -0.503 e. The van der Waals surface area contributed by atoms with Crippen LogP contribution in [-0.4, -0.2) is 18.4 Å². The van der Waals surface area contributed by atoms with Crippen molar-refractivity contribution in [1.29, 1.82) is 0 Å². The minimum absolute atomic E-state index is 0.0931. The summed E-state index contributed by atoms with van der Waals surface area (Å²) in [7, 11) is 1.52. The largest absolute Gasteiger partial charge is 0.503 e. The third-order valence-electron chi connectivity index (χ3n) is 2.74. The number of hydrogen-bond acceptors (Lipinski definition) is 3. The maximum atomic E-state index is 9.73. The molecule has 0 aliphatic rings. The molecule has 0 spiro atoms. The molecule has 0 bridgehead atoms. The predicted molar refractivity (Wildman–Crippen MR) is 80.8 cm³/mol. The molecule has 19 heavy (non-hydrogen) atoms. The average Bonchev–Trinajstić information content (AvgIpc) is 2.41. The molecule has 2 aromatic rings. The second kappa shape index (κ2) is 5.89. The van der Waals surface area contributed by atoms with Gasteiger partial charge in [-0.05, 0) is 52.2 Å². The molecule has 2 rings (SSSR count). The van der Waals surface area contributed by atoms with Crippen LogP contribution < -0.4 is 4.74 Å². The van der Waals surface area contributed by atoms with Crippen LogP contribution in [-0.2, 0) is 0 Å². The molecule has 0 saturated heterocycles. The Bertz CT molecular complexity index is 624. The maximum absolute atomic E-state index is 9.73. The van der Waals surface area contributed by atoms with E-state index in [0.717, 1.165) is 16.8 Å². The van der Waals surface area contributed by atoms with Crippen molar-refractivity contribution in [3.05, 3.63) is 52.0 Å². The quantitative estimate of drug-likeness (QED) is 0.860. The highest BCUT2D eigenvalue weighted by molar-refractivity contribution is 9.10. The number of aryl methyl sites for hydroxylation is 1. The molecule has 0 aliphatic carbocycles. The Hall–Kier alpha value is -1.81. The van der Waals surface area contributed by atoms with Crippen molar-refractivity contribution in [2.75, 3.05) is 7.11 Å². The summed E-state index contributed by atoms with van der Waals surface area (Å²) in [5, 5.41) is 9.73. The fraction of sp³-hybridized carbons (Fsp3) is 0.133. The number of phenols is 1. The molecular weight excluding hydrogens is 306 g/mol. The molecule has 3 nitrogen and oxygen atoms in total. The van der Waals surface area contributed by atoms with Crippen molar-refractivity contribution in [2.45, 2.75) is 6.92 Å². The van der Waals surface area contributed by atoms with Gasteiger partial charge in [0.05, 0.1) is 17.3 Å². The molecule has 2 aromatic carbocycles. The number of ether oxygens (including phenoxy) is 1. The number of halogens is 1. The van der Waals surface area contributed by atoms with E-state index in [0.29, 0.717) is 10.2 Å². The van der Waals surface area contributed by atoms with Gasteiger partial charge in [-0.1, -0.05) is 18.2 Å². The van der Waals surface area contributed by atoms with Gasteiger partial charge < -0.3 is 9.84 Å². The van der Waals surface area contributed by atoms with Crippen LogP contribution in [0.2, 0.25) is 0 Å². The smallest absolute Gasteiger partial charge is 0.172 e. The van der Waals surface area contributed by atoms with E-state index >= 15 is 0 Å². The summed E-state index contributed by atoms with van der Waals surface area (Å²) in [4.78, 5) is 4.44. The zero-order chi connectivity index (χ0) is 13.8. The summed E-state index contributed by atoms with van der Waals surface area (Å²) in [6.07, 6.45) is 1.75. The molecule has 0 fully saturated rings. The summed E-state index contributed by atoms with van der Waals surface area (Å²) < 4.78 is 5.68. The van der Waals surface area contributed by atoms with Gasteiger partial charge in [-0.2, -0.15) is 0 Å². The fourth-order valence-electron chi connectivity index (χ4n) is 1.68. The van der Waals surface area contributed by atoms with E-state index in [1.54, 1.807) is 18.3 Å². The molecule has 0 unspecified atom stereocenters. The van der Waals surface area contributed by atoms with Gasteiger partial charge in [-0.25, -0.2) is 0 Å². The lowest BCUT2D eigenvalue weighted by atomic mass is 10.2. The third kappa shape index (κ3) is 3.15. The predicted octanol–water partition coefficient (Wildman–Crippen LogP) is 4.22. The van der Waals surface area contributed by atoms with Crippen molar-refractivity contribution in [3.8, 4) is 11.5 Å². The standard InChI is InChI=1S/C15H14BrNO2/c1-10-5-3-4-6-13(10)17-9-11-7-12(16)15(18)14(8-11)19-2/h3-9,18H,1-2H3. The van der Waals surface area contributed by atoms with Crippen LogP contribution >= 0.6 is 15.9 Å². The lowest BCUT2D eigenvalue weighted by Gasteiger charge is -2.06.